The van der Waals surface area contributed by atoms with Gasteiger partial charge in [0.2, 0.25) is 11.9 Å². The van der Waals surface area contributed by atoms with Crippen LogP contribution >= 0.6 is 11.6 Å². The SMILES string of the molecule is COc1ccc(NC(=O)C(OC(=O)c2ccco2)c2ccccc2)cc1Cl. The molecule has 138 valence electrons. The summed E-state index contributed by atoms with van der Waals surface area (Å²) in [5.41, 5.74) is 0.968. The number of methoxy groups -OCH3 is 1. The first-order chi connectivity index (χ1) is 13.1. The molecule has 1 amide bonds. The van der Waals surface area contributed by atoms with Gasteiger partial charge in [0, 0.05) is 11.3 Å². The van der Waals surface area contributed by atoms with Crippen LogP contribution in [-0.2, 0) is 9.53 Å². The molecule has 1 aromatic heterocycles. The maximum atomic E-state index is 12.8. The van der Waals surface area contributed by atoms with Crippen LogP contribution < -0.4 is 10.1 Å². The lowest BCUT2D eigenvalue weighted by atomic mass is 10.1. The zero-order valence-corrected chi connectivity index (χ0v) is 15.1. The smallest absolute Gasteiger partial charge is 0.375 e. The van der Waals surface area contributed by atoms with Crippen molar-refractivity contribution in [2.24, 2.45) is 0 Å². The summed E-state index contributed by atoms with van der Waals surface area (Å²) < 4.78 is 15.5. The van der Waals surface area contributed by atoms with Crippen molar-refractivity contribution in [3.63, 3.8) is 0 Å². The number of furan rings is 1. The highest BCUT2D eigenvalue weighted by molar-refractivity contribution is 6.32. The quantitative estimate of drug-likeness (QED) is 0.633. The van der Waals surface area contributed by atoms with Gasteiger partial charge in [0.25, 0.3) is 5.91 Å². The highest BCUT2D eigenvalue weighted by Crippen LogP contribution is 2.28. The Morgan fingerprint density at radius 2 is 1.85 bits per heavy atom. The summed E-state index contributed by atoms with van der Waals surface area (Å²) in [5.74, 6) is -0.770. The molecule has 1 atom stereocenters. The maximum absolute atomic E-state index is 12.8. The molecule has 3 aromatic rings. The first-order valence-corrected chi connectivity index (χ1v) is 8.40. The van der Waals surface area contributed by atoms with E-state index in [9.17, 15) is 9.59 Å². The lowest BCUT2D eigenvalue weighted by Gasteiger charge is -2.18. The van der Waals surface area contributed by atoms with Crippen molar-refractivity contribution in [2.45, 2.75) is 6.10 Å². The van der Waals surface area contributed by atoms with E-state index in [1.807, 2.05) is 0 Å². The molecule has 3 rings (SSSR count). The van der Waals surface area contributed by atoms with Crippen molar-refractivity contribution < 1.29 is 23.5 Å². The van der Waals surface area contributed by atoms with E-state index in [1.54, 1.807) is 54.6 Å². The molecule has 1 heterocycles. The molecular weight excluding hydrogens is 370 g/mol. The number of rotatable bonds is 6. The van der Waals surface area contributed by atoms with E-state index in [0.29, 0.717) is 22.0 Å². The molecule has 0 aliphatic rings. The molecule has 0 bridgehead atoms. The molecule has 0 fully saturated rings. The summed E-state index contributed by atoms with van der Waals surface area (Å²) in [6, 6.07) is 16.5. The monoisotopic (exact) mass is 385 g/mol. The summed E-state index contributed by atoms with van der Waals surface area (Å²) in [7, 11) is 1.50. The van der Waals surface area contributed by atoms with E-state index in [1.165, 1.54) is 19.4 Å². The molecule has 0 spiro atoms. The van der Waals surface area contributed by atoms with Gasteiger partial charge in [-0.05, 0) is 30.3 Å². The number of nitrogens with one attached hydrogen (secondary N) is 1. The third-order valence-corrected chi connectivity index (χ3v) is 4.00. The van der Waals surface area contributed by atoms with Crippen LogP contribution in [0.2, 0.25) is 5.02 Å². The summed E-state index contributed by atoms with van der Waals surface area (Å²) in [6.07, 6.45) is 0.192. The molecule has 27 heavy (non-hydrogen) atoms. The summed E-state index contributed by atoms with van der Waals surface area (Å²) in [6.45, 7) is 0. The Hall–Kier alpha value is -3.25. The average Bonchev–Trinajstić information content (AvgIpc) is 3.21. The Morgan fingerprint density at radius 3 is 2.48 bits per heavy atom. The topological polar surface area (TPSA) is 77.8 Å². The number of esters is 1. The number of amides is 1. The largest absolute Gasteiger partial charge is 0.495 e. The standard InChI is InChI=1S/C20H16ClNO5/c1-25-16-10-9-14(12-15(16)21)22-19(23)18(13-6-3-2-4-7-13)27-20(24)17-8-5-11-26-17/h2-12,18H,1H3,(H,22,23). The number of hydrogen-bond acceptors (Lipinski definition) is 5. The van der Waals surface area contributed by atoms with Crippen molar-refractivity contribution >= 4 is 29.2 Å². The van der Waals surface area contributed by atoms with Gasteiger partial charge in [-0.15, -0.1) is 0 Å². The first kappa shape index (κ1) is 18.5. The fourth-order valence-electron chi connectivity index (χ4n) is 2.41. The molecule has 0 aliphatic carbocycles. The average molecular weight is 386 g/mol. The molecule has 0 saturated carbocycles. The van der Waals surface area contributed by atoms with Crippen LogP contribution in [-0.4, -0.2) is 19.0 Å². The van der Waals surface area contributed by atoms with E-state index < -0.39 is 18.0 Å². The molecule has 1 unspecified atom stereocenters. The Kier molecular flexibility index (Phi) is 5.78. The molecule has 0 aliphatic heterocycles. The minimum atomic E-state index is -1.16. The van der Waals surface area contributed by atoms with Gasteiger partial charge >= 0.3 is 5.97 Å². The van der Waals surface area contributed by atoms with Crippen molar-refractivity contribution in [1.29, 1.82) is 0 Å². The zero-order chi connectivity index (χ0) is 19.2. The third kappa shape index (κ3) is 4.48. The molecular formula is C20H16ClNO5. The lowest BCUT2D eigenvalue weighted by Crippen LogP contribution is -2.25. The Bertz CT molecular complexity index is 925. The molecule has 1 N–H and O–H groups in total. The van der Waals surface area contributed by atoms with Crippen LogP contribution in [0.5, 0.6) is 5.75 Å². The van der Waals surface area contributed by atoms with Crippen LogP contribution in [0.25, 0.3) is 0 Å². The van der Waals surface area contributed by atoms with E-state index >= 15 is 0 Å². The normalized spacial score (nSPS) is 11.5. The summed E-state index contributed by atoms with van der Waals surface area (Å²) >= 11 is 6.09. The lowest BCUT2D eigenvalue weighted by molar-refractivity contribution is -0.125. The van der Waals surface area contributed by atoms with Crippen LogP contribution in [0, 0.1) is 0 Å². The number of benzene rings is 2. The number of anilines is 1. The molecule has 7 heteroatoms. The van der Waals surface area contributed by atoms with Crippen LogP contribution in [0.3, 0.4) is 0 Å². The van der Waals surface area contributed by atoms with Crippen LogP contribution in [0.4, 0.5) is 5.69 Å². The van der Waals surface area contributed by atoms with E-state index in [2.05, 4.69) is 5.32 Å². The minimum Gasteiger partial charge on any atom is -0.495 e. The van der Waals surface area contributed by atoms with E-state index in [4.69, 9.17) is 25.5 Å². The van der Waals surface area contributed by atoms with Gasteiger partial charge in [0.1, 0.15) is 5.75 Å². The van der Waals surface area contributed by atoms with Gasteiger partial charge in [-0.2, -0.15) is 0 Å². The molecule has 0 radical (unpaired) electrons. The van der Waals surface area contributed by atoms with Gasteiger partial charge in [0.05, 0.1) is 18.4 Å². The third-order valence-electron chi connectivity index (χ3n) is 3.71. The second kappa shape index (κ2) is 8.42. The molecule has 0 saturated heterocycles. The second-order valence-corrected chi connectivity index (χ2v) is 5.92. The van der Waals surface area contributed by atoms with E-state index in [-0.39, 0.29) is 5.76 Å². The van der Waals surface area contributed by atoms with Gasteiger partial charge in [0.15, 0.2) is 0 Å². The number of halogens is 1. The fourth-order valence-corrected chi connectivity index (χ4v) is 2.67. The Labute approximate surface area is 160 Å². The van der Waals surface area contributed by atoms with Crippen molar-refractivity contribution in [3.05, 3.63) is 83.3 Å². The van der Waals surface area contributed by atoms with Crippen molar-refractivity contribution in [1.82, 2.24) is 0 Å². The summed E-state index contributed by atoms with van der Waals surface area (Å²) in [5, 5.41) is 3.04. The van der Waals surface area contributed by atoms with Gasteiger partial charge in [-0.1, -0.05) is 41.9 Å². The first-order valence-electron chi connectivity index (χ1n) is 8.02. The minimum absolute atomic E-state index is 0.0104. The predicted octanol–water partition coefficient (Wildman–Crippen LogP) is 4.48. The van der Waals surface area contributed by atoms with Crippen molar-refractivity contribution in [2.75, 3.05) is 12.4 Å². The summed E-state index contributed by atoms with van der Waals surface area (Å²) in [4.78, 5) is 25.0. The number of carbonyl (C=O) groups excluding carboxylic acids is 2. The number of ether oxygens (including phenoxy) is 2. The molecule has 6 nitrogen and oxygen atoms in total. The molecule has 2 aromatic carbocycles. The Balaban J connectivity index is 1.82. The van der Waals surface area contributed by atoms with Gasteiger partial charge in [-0.25, -0.2) is 4.79 Å². The van der Waals surface area contributed by atoms with Crippen LogP contribution in [0.1, 0.15) is 22.2 Å². The second-order valence-electron chi connectivity index (χ2n) is 5.51. The predicted molar refractivity (Wildman–Crippen MR) is 99.9 cm³/mol. The van der Waals surface area contributed by atoms with Gasteiger partial charge < -0.3 is 19.2 Å². The van der Waals surface area contributed by atoms with Gasteiger partial charge in [-0.3, -0.25) is 4.79 Å². The highest BCUT2D eigenvalue weighted by Gasteiger charge is 2.27. The Morgan fingerprint density at radius 1 is 1.07 bits per heavy atom. The van der Waals surface area contributed by atoms with Crippen LogP contribution in [0.15, 0.2) is 71.3 Å². The highest BCUT2D eigenvalue weighted by atomic mass is 35.5. The fraction of sp³-hybridized carbons (Fsp3) is 0.100. The number of carbonyl (C=O) groups is 2. The maximum Gasteiger partial charge on any atom is 0.375 e. The zero-order valence-electron chi connectivity index (χ0n) is 14.3. The van der Waals surface area contributed by atoms with Crippen molar-refractivity contribution in [3.8, 4) is 5.75 Å². The number of hydrogen-bond donors (Lipinski definition) is 1. The van der Waals surface area contributed by atoms with E-state index in [0.717, 1.165) is 0 Å².